The van der Waals surface area contributed by atoms with Gasteiger partial charge in [0.05, 0.1) is 16.7 Å². The van der Waals surface area contributed by atoms with Gasteiger partial charge in [0.1, 0.15) is 0 Å². The van der Waals surface area contributed by atoms with Gasteiger partial charge in [-0.15, -0.1) is 0 Å². The van der Waals surface area contributed by atoms with Crippen LogP contribution in [0.3, 0.4) is 0 Å². The molecule has 1 aliphatic carbocycles. The summed E-state index contributed by atoms with van der Waals surface area (Å²) < 4.78 is 0. The Morgan fingerprint density at radius 2 is 1.20 bits per heavy atom. The molecule has 2 heterocycles. The number of fused-ring (bicyclic) bond motifs is 8. The van der Waals surface area contributed by atoms with Gasteiger partial charge in [-0.1, -0.05) is 129 Å². The molecular weight excluding hydrogens is 544 g/mol. The Morgan fingerprint density at radius 3 is 2.09 bits per heavy atom. The smallest absolute Gasteiger partial charge is 0.0972 e. The second-order valence-corrected chi connectivity index (χ2v) is 12.6. The Kier molecular flexibility index (Phi) is 5.58. The summed E-state index contributed by atoms with van der Waals surface area (Å²) in [5, 5.41) is 4.83. The number of nitrogens with zero attached hydrogens (tertiary/aromatic N) is 2. The zero-order chi connectivity index (χ0) is 30.1. The maximum absolute atomic E-state index is 5.06. The van der Waals surface area contributed by atoms with Crippen molar-refractivity contribution in [1.29, 1.82) is 0 Å². The largest absolute Gasteiger partial charge is 0.254 e. The molecule has 0 bridgehead atoms. The van der Waals surface area contributed by atoms with Crippen molar-refractivity contribution in [3.8, 4) is 44.6 Å². The number of rotatable bonds is 3. The number of hydrogen-bond donors (Lipinski definition) is 0. The lowest BCUT2D eigenvalue weighted by Gasteiger charge is -2.24. The zero-order valence-electron chi connectivity index (χ0n) is 25.3. The van der Waals surface area contributed by atoms with Crippen LogP contribution in [0, 0.1) is 0 Å². The molecule has 0 N–H and O–H groups in total. The molecule has 0 aliphatic heterocycles. The van der Waals surface area contributed by atoms with E-state index in [1.54, 1.807) is 0 Å². The fraction of sp³-hybridized carbons (Fsp3) is 0.0698. The second-order valence-electron chi connectivity index (χ2n) is 12.6. The van der Waals surface area contributed by atoms with Gasteiger partial charge in [0, 0.05) is 27.9 Å². The van der Waals surface area contributed by atoms with E-state index in [0.717, 1.165) is 33.1 Å². The molecule has 2 nitrogen and oxygen atoms in total. The summed E-state index contributed by atoms with van der Waals surface area (Å²) in [7, 11) is 0. The van der Waals surface area contributed by atoms with Gasteiger partial charge in [-0.05, 0) is 79.5 Å². The molecule has 212 valence electrons. The molecule has 2 aromatic heterocycles. The third-order valence-corrected chi connectivity index (χ3v) is 9.66. The highest BCUT2D eigenvalue weighted by Gasteiger charge is 2.38. The van der Waals surface area contributed by atoms with Crippen molar-refractivity contribution in [2.75, 3.05) is 0 Å². The summed E-state index contributed by atoms with van der Waals surface area (Å²) in [4.78, 5) is 9.68. The fourth-order valence-corrected chi connectivity index (χ4v) is 7.47. The molecular formula is C43H30N2. The van der Waals surface area contributed by atoms with E-state index < -0.39 is 0 Å². The summed E-state index contributed by atoms with van der Waals surface area (Å²) in [6, 6.07) is 50.5. The van der Waals surface area contributed by atoms with Gasteiger partial charge in [0.25, 0.3) is 0 Å². The Bertz CT molecular complexity index is 2450. The van der Waals surface area contributed by atoms with Gasteiger partial charge in [0.2, 0.25) is 0 Å². The van der Waals surface area contributed by atoms with Crippen molar-refractivity contribution in [2.45, 2.75) is 19.3 Å². The van der Waals surface area contributed by atoms with Gasteiger partial charge in [-0.25, -0.2) is 4.98 Å². The predicted octanol–water partition coefficient (Wildman–Crippen LogP) is 11.2. The van der Waals surface area contributed by atoms with Gasteiger partial charge >= 0.3 is 0 Å². The first-order valence-corrected chi connectivity index (χ1v) is 15.6. The number of pyridine rings is 2. The van der Waals surface area contributed by atoms with E-state index in [0.29, 0.717) is 0 Å². The standard InChI is InChI=1S/C43H30N2/c1-43(2)37-15-6-5-14-35(37)39-36(26-33-9-3-4-13-34(33)40(39)43)32-11-7-10-31(25-32)27-16-18-28(19-17-27)38-23-22-30-21-20-29-12-8-24-44-41(29)42(30)45-38/h3-26H,1-2H3. The van der Waals surface area contributed by atoms with Crippen molar-refractivity contribution < 1.29 is 0 Å². The van der Waals surface area contributed by atoms with Gasteiger partial charge < -0.3 is 0 Å². The van der Waals surface area contributed by atoms with Crippen LogP contribution in [0.5, 0.6) is 0 Å². The normalized spacial score (nSPS) is 13.3. The molecule has 0 radical (unpaired) electrons. The summed E-state index contributed by atoms with van der Waals surface area (Å²) >= 11 is 0. The molecule has 9 rings (SSSR count). The van der Waals surface area contributed by atoms with Gasteiger partial charge in [0.15, 0.2) is 0 Å². The molecule has 0 saturated carbocycles. The maximum Gasteiger partial charge on any atom is 0.0972 e. The lowest BCUT2D eigenvalue weighted by molar-refractivity contribution is 0.666. The van der Waals surface area contributed by atoms with E-state index in [-0.39, 0.29) is 5.41 Å². The van der Waals surface area contributed by atoms with E-state index in [2.05, 4.69) is 152 Å². The van der Waals surface area contributed by atoms with Crippen LogP contribution in [-0.4, -0.2) is 9.97 Å². The lowest BCUT2D eigenvalue weighted by Crippen LogP contribution is -2.15. The quantitative estimate of drug-likeness (QED) is 0.196. The van der Waals surface area contributed by atoms with E-state index in [9.17, 15) is 0 Å². The number of hydrogen-bond acceptors (Lipinski definition) is 2. The van der Waals surface area contributed by atoms with Crippen LogP contribution < -0.4 is 0 Å². The Hall–Kier alpha value is -5.60. The molecule has 1 aliphatic rings. The minimum absolute atomic E-state index is 0.0753. The van der Waals surface area contributed by atoms with Crippen LogP contribution in [-0.2, 0) is 5.41 Å². The monoisotopic (exact) mass is 574 g/mol. The first-order chi connectivity index (χ1) is 22.1. The Balaban J connectivity index is 1.14. The first kappa shape index (κ1) is 25.9. The van der Waals surface area contributed by atoms with Crippen molar-refractivity contribution in [3.05, 3.63) is 157 Å². The van der Waals surface area contributed by atoms with Crippen LogP contribution in [0.4, 0.5) is 0 Å². The van der Waals surface area contributed by atoms with Crippen LogP contribution in [0.1, 0.15) is 25.0 Å². The topological polar surface area (TPSA) is 25.8 Å². The Labute approximate surface area is 262 Å². The second kappa shape index (κ2) is 9.70. The predicted molar refractivity (Wildman–Crippen MR) is 188 cm³/mol. The van der Waals surface area contributed by atoms with Crippen LogP contribution in [0.25, 0.3) is 77.2 Å². The summed E-state index contributed by atoms with van der Waals surface area (Å²) in [5.74, 6) is 0. The van der Waals surface area contributed by atoms with Crippen LogP contribution >= 0.6 is 0 Å². The third-order valence-electron chi connectivity index (χ3n) is 9.66. The average Bonchev–Trinajstić information content (AvgIpc) is 3.35. The average molecular weight is 575 g/mol. The van der Waals surface area contributed by atoms with E-state index in [4.69, 9.17) is 4.98 Å². The third kappa shape index (κ3) is 3.96. The fourth-order valence-electron chi connectivity index (χ4n) is 7.47. The molecule has 0 fully saturated rings. The van der Waals surface area contributed by atoms with Crippen LogP contribution in [0.15, 0.2) is 146 Å². The van der Waals surface area contributed by atoms with Gasteiger partial charge in [-0.2, -0.15) is 0 Å². The van der Waals surface area contributed by atoms with Crippen LogP contribution in [0.2, 0.25) is 0 Å². The SMILES string of the molecule is CC1(C)c2ccccc2-c2c(-c3cccc(-c4ccc(-c5ccc6ccc7cccnc7c6n5)cc4)c3)cc3ccccc3c21. The molecule has 8 aromatic rings. The first-order valence-electron chi connectivity index (χ1n) is 15.6. The molecule has 6 aromatic carbocycles. The van der Waals surface area contributed by atoms with Crippen molar-refractivity contribution in [1.82, 2.24) is 9.97 Å². The van der Waals surface area contributed by atoms with Crippen molar-refractivity contribution in [2.24, 2.45) is 0 Å². The van der Waals surface area contributed by atoms with E-state index in [1.165, 1.54) is 55.3 Å². The number of benzene rings is 6. The molecule has 0 atom stereocenters. The zero-order valence-corrected chi connectivity index (χ0v) is 25.3. The minimum Gasteiger partial charge on any atom is -0.254 e. The van der Waals surface area contributed by atoms with E-state index in [1.807, 2.05) is 12.3 Å². The minimum atomic E-state index is -0.0753. The lowest BCUT2D eigenvalue weighted by atomic mass is 9.79. The van der Waals surface area contributed by atoms with E-state index >= 15 is 0 Å². The molecule has 0 unspecified atom stereocenters. The highest BCUT2D eigenvalue weighted by molar-refractivity contribution is 6.05. The molecule has 45 heavy (non-hydrogen) atoms. The summed E-state index contributed by atoms with van der Waals surface area (Å²) in [5.41, 5.74) is 14.3. The summed E-state index contributed by atoms with van der Waals surface area (Å²) in [6.07, 6.45) is 1.84. The molecule has 0 saturated heterocycles. The van der Waals surface area contributed by atoms with Crippen molar-refractivity contribution in [3.63, 3.8) is 0 Å². The summed E-state index contributed by atoms with van der Waals surface area (Å²) in [6.45, 7) is 4.74. The van der Waals surface area contributed by atoms with Crippen molar-refractivity contribution >= 4 is 32.6 Å². The molecule has 0 amide bonds. The molecule has 0 spiro atoms. The molecule has 2 heteroatoms. The van der Waals surface area contributed by atoms with Gasteiger partial charge in [-0.3, -0.25) is 4.98 Å². The Morgan fingerprint density at radius 1 is 0.489 bits per heavy atom. The highest BCUT2D eigenvalue weighted by atomic mass is 14.7. The highest BCUT2D eigenvalue weighted by Crippen LogP contribution is 2.54. The number of aromatic nitrogens is 2. The maximum atomic E-state index is 5.06.